The molecule has 0 aromatic carbocycles. The maximum Gasteiger partial charge on any atom is 0.267 e. The summed E-state index contributed by atoms with van der Waals surface area (Å²) in [6.45, 7) is 5.75. The number of nitrogens with one attached hydrogen (secondary N) is 3. The number of carbonyl (C=O) groups excluding carboxylic acids is 1. The van der Waals surface area contributed by atoms with Crippen molar-refractivity contribution in [2.75, 3.05) is 13.1 Å². The third kappa shape index (κ3) is 4.66. The first-order chi connectivity index (χ1) is 10.6. The molecule has 1 aliphatic carbocycles. The fourth-order valence-electron chi connectivity index (χ4n) is 2.80. The summed E-state index contributed by atoms with van der Waals surface area (Å²) in [7, 11) is 0. The van der Waals surface area contributed by atoms with Crippen molar-refractivity contribution in [3.05, 3.63) is 27.2 Å². The number of aromatic amines is 1. The van der Waals surface area contributed by atoms with Crippen LogP contribution in [0.4, 0.5) is 0 Å². The molecule has 1 amide bonds. The Hall–Kier alpha value is -1.69. The van der Waals surface area contributed by atoms with Crippen LogP contribution < -0.4 is 16.2 Å². The number of nitrogens with zero attached hydrogens (tertiary/aromatic N) is 1. The molecule has 0 spiro atoms. The molecule has 1 heterocycles. The van der Waals surface area contributed by atoms with E-state index in [2.05, 4.69) is 34.7 Å². The van der Waals surface area contributed by atoms with Crippen molar-refractivity contribution < 1.29 is 4.79 Å². The van der Waals surface area contributed by atoms with Gasteiger partial charge in [0.25, 0.3) is 5.56 Å². The summed E-state index contributed by atoms with van der Waals surface area (Å²) in [6, 6.07) is 0.465. The Morgan fingerprint density at radius 3 is 2.68 bits per heavy atom. The maximum absolute atomic E-state index is 12.0. The minimum atomic E-state index is -0.0985. The van der Waals surface area contributed by atoms with E-state index in [9.17, 15) is 9.59 Å². The van der Waals surface area contributed by atoms with E-state index in [0.29, 0.717) is 12.6 Å². The molecule has 0 radical (unpaired) electrons. The van der Waals surface area contributed by atoms with Crippen LogP contribution in [0.1, 0.15) is 49.9 Å². The highest BCUT2D eigenvalue weighted by Gasteiger charge is 2.19. The van der Waals surface area contributed by atoms with Crippen LogP contribution in [0.5, 0.6) is 0 Å². The molecule has 0 saturated carbocycles. The van der Waals surface area contributed by atoms with Gasteiger partial charge in [0, 0.05) is 18.2 Å². The fourth-order valence-corrected chi connectivity index (χ4v) is 2.80. The molecule has 1 aromatic heterocycles. The summed E-state index contributed by atoms with van der Waals surface area (Å²) in [5.74, 6) is -0.0307. The van der Waals surface area contributed by atoms with Gasteiger partial charge in [-0.15, -0.1) is 0 Å². The summed E-state index contributed by atoms with van der Waals surface area (Å²) in [4.78, 5) is 23.8. The van der Waals surface area contributed by atoms with Gasteiger partial charge in [0.05, 0.1) is 12.1 Å². The van der Waals surface area contributed by atoms with Crippen LogP contribution in [0.3, 0.4) is 0 Å². The number of hydrogen-bond donors (Lipinski definition) is 3. The predicted octanol–water partition coefficient (Wildman–Crippen LogP) is 0.696. The highest BCUT2D eigenvalue weighted by atomic mass is 16.1. The van der Waals surface area contributed by atoms with Crippen molar-refractivity contribution in [2.45, 2.75) is 58.4 Å². The Kier molecular flexibility index (Phi) is 6.12. The average molecular weight is 306 g/mol. The van der Waals surface area contributed by atoms with E-state index in [1.54, 1.807) is 0 Å². The Labute approximate surface area is 131 Å². The topological polar surface area (TPSA) is 86.9 Å². The third-order valence-electron chi connectivity index (χ3n) is 3.94. The average Bonchev–Trinajstić information content (AvgIpc) is 2.50. The van der Waals surface area contributed by atoms with E-state index in [0.717, 1.165) is 55.5 Å². The normalized spacial score (nSPS) is 14.0. The van der Waals surface area contributed by atoms with Crippen LogP contribution in [0.15, 0.2) is 4.79 Å². The highest BCUT2D eigenvalue weighted by Crippen LogP contribution is 2.20. The van der Waals surface area contributed by atoms with Crippen LogP contribution in [-0.2, 0) is 24.1 Å². The molecule has 2 rings (SSSR count). The molecule has 0 bridgehead atoms. The summed E-state index contributed by atoms with van der Waals surface area (Å²) in [5.41, 5.74) is 2.45. The lowest BCUT2D eigenvalue weighted by Crippen LogP contribution is -2.32. The smallest absolute Gasteiger partial charge is 0.267 e. The molecule has 3 N–H and O–H groups in total. The zero-order chi connectivity index (χ0) is 15.9. The first-order valence-corrected chi connectivity index (χ1v) is 8.17. The molecule has 122 valence electrons. The van der Waals surface area contributed by atoms with Crippen molar-refractivity contribution in [3.8, 4) is 0 Å². The maximum atomic E-state index is 12.0. The molecule has 0 unspecified atom stereocenters. The standard InChI is InChI=1S/C16H26N4O2/c1-11(2)17-8-5-9-18-15(21)10-14-12-6-3-4-7-13(12)16(22)20-19-14/h11,17H,3-10H2,1-2H3,(H,18,21)(H,20,22). The summed E-state index contributed by atoms with van der Waals surface area (Å²) in [5, 5.41) is 12.8. The second-order valence-electron chi connectivity index (χ2n) is 6.15. The Bertz CT molecular complexity index is 566. The molecule has 0 atom stereocenters. The van der Waals surface area contributed by atoms with Crippen LogP contribution in [0, 0.1) is 0 Å². The number of rotatable bonds is 7. The zero-order valence-electron chi connectivity index (χ0n) is 13.5. The van der Waals surface area contributed by atoms with E-state index >= 15 is 0 Å². The summed E-state index contributed by atoms with van der Waals surface area (Å²) in [6.07, 6.45) is 4.90. The van der Waals surface area contributed by atoms with Crippen molar-refractivity contribution in [3.63, 3.8) is 0 Å². The molecular formula is C16H26N4O2. The number of H-pyrrole nitrogens is 1. The van der Waals surface area contributed by atoms with Gasteiger partial charge in [0.15, 0.2) is 0 Å². The van der Waals surface area contributed by atoms with Gasteiger partial charge in [-0.1, -0.05) is 13.8 Å². The van der Waals surface area contributed by atoms with Gasteiger partial charge in [0.1, 0.15) is 0 Å². The van der Waals surface area contributed by atoms with E-state index in [-0.39, 0.29) is 17.9 Å². The molecule has 0 fully saturated rings. The molecule has 1 aromatic rings. The molecule has 6 heteroatoms. The predicted molar refractivity (Wildman–Crippen MR) is 86.0 cm³/mol. The van der Waals surface area contributed by atoms with Gasteiger partial charge in [-0.3, -0.25) is 9.59 Å². The SMILES string of the molecule is CC(C)NCCCNC(=O)Cc1n[nH]c(=O)c2c1CCCC2. The Morgan fingerprint density at radius 2 is 1.95 bits per heavy atom. The second-order valence-corrected chi connectivity index (χ2v) is 6.15. The van der Waals surface area contributed by atoms with Crippen molar-refractivity contribution >= 4 is 5.91 Å². The fraction of sp³-hybridized carbons (Fsp3) is 0.688. The largest absolute Gasteiger partial charge is 0.356 e. The first-order valence-electron chi connectivity index (χ1n) is 8.17. The van der Waals surface area contributed by atoms with Crippen LogP contribution in [0.25, 0.3) is 0 Å². The van der Waals surface area contributed by atoms with Gasteiger partial charge in [-0.05, 0) is 44.2 Å². The van der Waals surface area contributed by atoms with E-state index in [4.69, 9.17) is 0 Å². The molecule has 0 saturated heterocycles. The molecule has 0 aliphatic heterocycles. The summed E-state index contributed by atoms with van der Waals surface area (Å²) >= 11 is 0. The number of aromatic nitrogens is 2. The van der Waals surface area contributed by atoms with E-state index in [1.165, 1.54) is 0 Å². The molecular weight excluding hydrogens is 280 g/mol. The van der Waals surface area contributed by atoms with Crippen LogP contribution >= 0.6 is 0 Å². The van der Waals surface area contributed by atoms with Crippen molar-refractivity contribution in [1.82, 2.24) is 20.8 Å². The van der Waals surface area contributed by atoms with Gasteiger partial charge in [-0.25, -0.2) is 5.10 Å². The monoisotopic (exact) mass is 306 g/mol. The Morgan fingerprint density at radius 1 is 1.23 bits per heavy atom. The number of hydrogen-bond acceptors (Lipinski definition) is 4. The molecule has 22 heavy (non-hydrogen) atoms. The van der Waals surface area contributed by atoms with Gasteiger partial charge in [0.2, 0.25) is 5.91 Å². The lowest BCUT2D eigenvalue weighted by atomic mass is 9.91. The summed E-state index contributed by atoms with van der Waals surface area (Å²) < 4.78 is 0. The molecule has 6 nitrogen and oxygen atoms in total. The van der Waals surface area contributed by atoms with Crippen LogP contribution in [-0.4, -0.2) is 35.2 Å². The minimum absolute atomic E-state index is 0.0307. The number of carbonyl (C=O) groups is 1. The van der Waals surface area contributed by atoms with Gasteiger partial charge < -0.3 is 10.6 Å². The van der Waals surface area contributed by atoms with Crippen LogP contribution in [0.2, 0.25) is 0 Å². The highest BCUT2D eigenvalue weighted by molar-refractivity contribution is 5.78. The quantitative estimate of drug-likeness (QED) is 0.647. The molecule has 1 aliphatic rings. The van der Waals surface area contributed by atoms with E-state index in [1.807, 2.05) is 0 Å². The second kappa shape index (κ2) is 8.08. The number of fused-ring (bicyclic) bond motifs is 1. The lowest BCUT2D eigenvalue weighted by Gasteiger charge is -2.17. The lowest BCUT2D eigenvalue weighted by molar-refractivity contribution is -0.120. The Balaban J connectivity index is 1.86. The third-order valence-corrected chi connectivity index (χ3v) is 3.94. The van der Waals surface area contributed by atoms with Crippen molar-refractivity contribution in [1.29, 1.82) is 0 Å². The van der Waals surface area contributed by atoms with Crippen molar-refractivity contribution in [2.24, 2.45) is 0 Å². The first kappa shape index (κ1) is 16.7. The number of amides is 1. The van der Waals surface area contributed by atoms with Gasteiger partial charge >= 0.3 is 0 Å². The zero-order valence-corrected chi connectivity index (χ0v) is 13.5. The van der Waals surface area contributed by atoms with E-state index < -0.39 is 0 Å². The van der Waals surface area contributed by atoms with Gasteiger partial charge in [-0.2, -0.15) is 5.10 Å². The minimum Gasteiger partial charge on any atom is -0.356 e.